The van der Waals surface area contributed by atoms with Crippen LogP contribution in [0, 0.1) is 0 Å². The van der Waals surface area contributed by atoms with Crippen molar-refractivity contribution in [3.05, 3.63) is 21.4 Å². The third-order valence-corrected chi connectivity index (χ3v) is 5.92. The van der Waals surface area contributed by atoms with E-state index in [1.165, 1.54) is 16.2 Å². The number of alkyl halides is 2. The normalized spacial score (nSPS) is 28.2. The highest BCUT2D eigenvalue weighted by Crippen LogP contribution is 2.47. The fourth-order valence-corrected chi connectivity index (χ4v) is 4.96. The zero-order valence-electron chi connectivity index (χ0n) is 12.3. The summed E-state index contributed by atoms with van der Waals surface area (Å²) in [5.41, 5.74) is 0.604. The lowest BCUT2D eigenvalue weighted by Crippen LogP contribution is -2.51. The number of hydrogen-bond donors (Lipinski definition) is 1. The van der Waals surface area contributed by atoms with E-state index >= 15 is 0 Å². The average Bonchev–Trinajstić information content (AvgIpc) is 2.81. The Bertz CT molecular complexity index is 577. The molecule has 22 heavy (non-hydrogen) atoms. The molecule has 0 aromatic carbocycles. The molecule has 2 aliphatic rings. The predicted molar refractivity (Wildman–Crippen MR) is 78.8 cm³/mol. The van der Waals surface area contributed by atoms with Crippen LogP contribution >= 0.6 is 11.3 Å². The second-order valence-corrected chi connectivity index (χ2v) is 7.17. The number of amides is 1. The first-order valence-electron chi connectivity index (χ1n) is 7.45. The van der Waals surface area contributed by atoms with Gasteiger partial charge in [0.15, 0.2) is 0 Å². The Kier molecular flexibility index (Phi) is 4.11. The number of carbonyl (C=O) groups is 1. The summed E-state index contributed by atoms with van der Waals surface area (Å²) in [5, 5.41) is 9.20. The molecule has 3 heterocycles. The zero-order chi connectivity index (χ0) is 15.9. The lowest BCUT2D eigenvalue weighted by molar-refractivity contribution is -0.104. The van der Waals surface area contributed by atoms with Crippen LogP contribution in [0.5, 0.6) is 0 Å². The number of likely N-dealkylation sites (tertiary alicyclic amines) is 1. The quantitative estimate of drug-likeness (QED) is 0.902. The van der Waals surface area contributed by atoms with Gasteiger partial charge in [-0.3, -0.25) is 0 Å². The van der Waals surface area contributed by atoms with Crippen LogP contribution < -0.4 is 0 Å². The van der Waals surface area contributed by atoms with Crippen LogP contribution in [-0.2, 0) is 23.2 Å². The number of hydrogen-bond acceptors (Lipinski definition) is 3. The highest BCUT2D eigenvalue weighted by molar-refractivity contribution is 7.12. The minimum atomic E-state index is -2.34. The monoisotopic (exact) mass is 331 g/mol. The first-order valence-corrected chi connectivity index (χ1v) is 8.27. The summed E-state index contributed by atoms with van der Waals surface area (Å²) in [7, 11) is 0. The van der Waals surface area contributed by atoms with Crippen molar-refractivity contribution < 1.29 is 23.4 Å². The van der Waals surface area contributed by atoms with Gasteiger partial charge in [0.2, 0.25) is 6.43 Å². The molecule has 0 unspecified atom stereocenters. The van der Waals surface area contributed by atoms with Gasteiger partial charge in [0.1, 0.15) is 5.60 Å². The second-order valence-electron chi connectivity index (χ2n) is 6.03. The molecular weight excluding hydrogens is 312 g/mol. The van der Waals surface area contributed by atoms with Crippen LogP contribution in [0.2, 0.25) is 0 Å². The van der Waals surface area contributed by atoms with E-state index in [0.29, 0.717) is 30.9 Å². The molecule has 1 fully saturated rings. The molecule has 1 spiro atoms. The van der Waals surface area contributed by atoms with Crippen molar-refractivity contribution >= 4 is 17.4 Å². The van der Waals surface area contributed by atoms with E-state index in [0.717, 1.165) is 16.9 Å². The molecular formula is C15H19F2NO3S. The molecule has 1 saturated heterocycles. The SMILES string of the molecule is C[C@H]1C[C@@]2(CCN1C(=O)O)OCCc1cc(CC(F)F)sc12. The van der Waals surface area contributed by atoms with Crippen LogP contribution in [0.3, 0.4) is 0 Å². The van der Waals surface area contributed by atoms with Gasteiger partial charge in [-0.15, -0.1) is 11.3 Å². The highest BCUT2D eigenvalue weighted by atomic mass is 32.1. The van der Waals surface area contributed by atoms with Gasteiger partial charge < -0.3 is 14.7 Å². The molecule has 0 aliphatic carbocycles. The van der Waals surface area contributed by atoms with Gasteiger partial charge in [-0.05, 0) is 31.4 Å². The van der Waals surface area contributed by atoms with Gasteiger partial charge in [-0.2, -0.15) is 0 Å². The second kappa shape index (κ2) is 5.77. The lowest BCUT2D eigenvalue weighted by atomic mass is 9.82. The van der Waals surface area contributed by atoms with Gasteiger partial charge in [0.25, 0.3) is 0 Å². The minimum Gasteiger partial charge on any atom is -0.465 e. The van der Waals surface area contributed by atoms with Crippen molar-refractivity contribution in [1.29, 1.82) is 0 Å². The standard InChI is InChI=1S/C15H19F2NO3S/c1-9-8-15(3-4-18(9)14(19)20)13-10(2-5-21-15)6-11(22-13)7-12(16)17/h6,9,12H,2-5,7-8H2,1H3,(H,19,20)/t9-,15+/m0/s1. The molecule has 7 heteroatoms. The molecule has 3 rings (SSSR count). The smallest absolute Gasteiger partial charge is 0.407 e. The number of thiophene rings is 1. The van der Waals surface area contributed by atoms with Gasteiger partial charge >= 0.3 is 6.09 Å². The van der Waals surface area contributed by atoms with Crippen molar-refractivity contribution in [2.45, 2.75) is 50.7 Å². The molecule has 0 bridgehead atoms. The Labute approximate surface area is 131 Å². The van der Waals surface area contributed by atoms with Crippen LogP contribution in [-0.4, -0.2) is 41.7 Å². The Morgan fingerprint density at radius 2 is 2.41 bits per heavy atom. The average molecular weight is 331 g/mol. The summed E-state index contributed by atoms with van der Waals surface area (Å²) in [5.74, 6) is 0. The largest absolute Gasteiger partial charge is 0.465 e. The molecule has 2 atom stereocenters. The lowest BCUT2D eigenvalue weighted by Gasteiger charge is -2.46. The number of fused-ring (bicyclic) bond motifs is 2. The van der Waals surface area contributed by atoms with Crippen LogP contribution in [0.25, 0.3) is 0 Å². The Morgan fingerprint density at radius 3 is 3.05 bits per heavy atom. The first kappa shape index (κ1) is 15.7. The molecule has 122 valence electrons. The van der Waals surface area contributed by atoms with E-state index in [9.17, 15) is 18.7 Å². The van der Waals surface area contributed by atoms with Crippen LogP contribution in [0.15, 0.2) is 6.07 Å². The molecule has 1 amide bonds. The van der Waals surface area contributed by atoms with E-state index in [2.05, 4.69) is 0 Å². The Morgan fingerprint density at radius 1 is 1.64 bits per heavy atom. The van der Waals surface area contributed by atoms with Gasteiger partial charge in [-0.25, -0.2) is 13.6 Å². The fraction of sp³-hybridized carbons (Fsp3) is 0.667. The van der Waals surface area contributed by atoms with Crippen molar-refractivity contribution in [3.8, 4) is 0 Å². The maximum atomic E-state index is 12.6. The van der Waals surface area contributed by atoms with Crippen LogP contribution in [0.4, 0.5) is 13.6 Å². The minimum absolute atomic E-state index is 0.141. The van der Waals surface area contributed by atoms with E-state index in [-0.39, 0.29) is 12.5 Å². The predicted octanol–water partition coefficient (Wildman–Crippen LogP) is 3.49. The molecule has 2 aliphatic heterocycles. The van der Waals surface area contributed by atoms with Crippen molar-refractivity contribution in [2.24, 2.45) is 0 Å². The number of nitrogens with zero attached hydrogens (tertiary/aromatic N) is 1. The first-order chi connectivity index (χ1) is 10.4. The molecule has 0 saturated carbocycles. The Balaban J connectivity index is 1.88. The third-order valence-electron chi connectivity index (χ3n) is 4.54. The van der Waals surface area contributed by atoms with Gasteiger partial charge in [0, 0.05) is 35.2 Å². The third kappa shape index (κ3) is 2.72. The summed E-state index contributed by atoms with van der Waals surface area (Å²) >= 11 is 1.41. The van der Waals surface area contributed by atoms with Crippen molar-refractivity contribution in [3.63, 3.8) is 0 Å². The number of piperidine rings is 1. The maximum Gasteiger partial charge on any atom is 0.407 e. The summed E-state index contributed by atoms with van der Waals surface area (Å²) in [4.78, 5) is 14.4. The van der Waals surface area contributed by atoms with Gasteiger partial charge in [-0.1, -0.05) is 0 Å². The maximum absolute atomic E-state index is 12.6. The van der Waals surface area contributed by atoms with Crippen LogP contribution in [0.1, 0.15) is 35.1 Å². The van der Waals surface area contributed by atoms with Crippen molar-refractivity contribution in [2.75, 3.05) is 13.2 Å². The molecule has 1 N–H and O–H groups in total. The summed E-state index contributed by atoms with van der Waals surface area (Å²) in [6.45, 7) is 2.86. The van der Waals surface area contributed by atoms with Gasteiger partial charge in [0.05, 0.1) is 6.61 Å². The number of rotatable bonds is 2. The highest BCUT2D eigenvalue weighted by Gasteiger charge is 2.45. The van der Waals surface area contributed by atoms with Crippen molar-refractivity contribution in [1.82, 2.24) is 4.90 Å². The van der Waals surface area contributed by atoms with E-state index in [1.807, 2.05) is 13.0 Å². The number of ether oxygens (including phenoxy) is 1. The molecule has 0 radical (unpaired) electrons. The number of carboxylic acid groups (broad SMARTS) is 1. The molecule has 1 aromatic rings. The van der Waals surface area contributed by atoms with E-state index < -0.39 is 18.1 Å². The summed E-state index contributed by atoms with van der Waals surface area (Å²) in [6.07, 6.45) is -1.56. The fourth-order valence-electron chi connectivity index (χ4n) is 3.56. The summed E-state index contributed by atoms with van der Waals surface area (Å²) in [6, 6.07) is 1.74. The molecule has 4 nitrogen and oxygen atoms in total. The topological polar surface area (TPSA) is 49.8 Å². The number of halogens is 2. The zero-order valence-corrected chi connectivity index (χ0v) is 13.2. The summed E-state index contributed by atoms with van der Waals surface area (Å²) < 4.78 is 31.3. The molecule has 1 aromatic heterocycles. The van der Waals surface area contributed by atoms with E-state index in [4.69, 9.17) is 4.74 Å². The Hall–Kier alpha value is -1.21. The van der Waals surface area contributed by atoms with E-state index in [1.54, 1.807) is 0 Å².